The molecule has 1 atom stereocenters. The van der Waals surface area contributed by atoms with E-state index in [-0.39, 0.29) is 17.6 Å². The first-order chi connectivity index (χ1) is 15.5. The van der Waals surface area contributed by atoms with Gasteiger partial charge in [0.1, 0.15) is 0 Å². The second-order valence-corrected chi connectivity index (χ2v) is 8.80. The second kappa shape index (κ2) is 9.83. The predicted molar refractivity (Wildman–Crippen MR) is 131 cm³/mol. The van der Waals surface area contributed by atoms with E-state index in [0.29, 0.717) is 11.6 Å². The summed E-state index contributed by atoms with van der Waals surface area (Å²) in [6.45, 7) is 3.98. The van der Waals surface area contributed by atoms with Crippen molar-refractivity contribution in [3.63, 3.8) is 0 Å². The lowest BCUT2D eigenvalue weighted by molar-refractivity contribution is -0.117. The third-order valence-corrected chi connectivity index (χ3v) is 6.34. The Labute approximate surface area is 191 Å². The fourth-order valence-electron chi connectivity index (χ4n) is 3.56. The van der Waals surface area contributed by atoms with Crippen molar-refractivity contribution in [2.24, 2.45) is 5.92 Å². The van der Waals surface area contributed by atoms with Gasteiger partial charge in [-0.05, 0) is 48.3 Å². The van der Waals surface area contributed by atoms with Crippen LogP contribution in [0.15, 0.2) is 67.0 Å². The smallest absolute Gasteiger partial charge is 0.229 e. The number of rotatable bonds is 6. The Kier molecular flexibility index (Phi) is 6.71. The van der Waals surface area contributed by atoms with Crippen molar-refractivity contribution >= 4 is 43.9 Å². The van der Waals surface area contributed by atoms with Gasteiger partial charge < -0.3 is 5.32 Å². The van der Waals surface area contributed by atoms with Crippen LogP contribution < -0.4 is 5.32 Å². The Morgan fingerprint density at radius 2 is 2.16 bits per heavy atom. The van der Waals surface area contributed by atoms with Gasteiger partial charge in [0.05, 0.1) is 10.2 Å². The Morgan fingerprint density at radius 3 is 2.94 bits per heavy atom. The lowest BCUT2D eigenvalue weighted by atomic mass is 9.97. The number of hydrogen-bond donors (Lipinski definition) is 1. The van der Waals surface area contributed by atoms with Crippen LogP contribution in [0.4, 0.5) is 5.13 Å². The molecular formula is C26H25N3O2S. The summed E-state index contributed by atoms with van der Waals surface area (Å²) < 4.78 is 0.971. The Balaban J connectivity index is 1.78. The highest BCUT2D eigenvalue weighted by Gasteiger charge is 2.17. The summed E-state index contributed by atoms with van der Waals surface area (Å²) in [6.07, 6.45) is 15.1. The highest BCUT2D eigenvalue weighted by atomic mass is 32.1. The number of nitrogens with zero attached hydrogens (tertiary/aromatic N) is 2. The molecule has 0 spiro atoms. The van der Waals surface area contributed by atoms with Crippen LogP contribution in [0.3, 0.4) is 0 Å². The highest BCUT2D eigenvalue weighted by molar-refractivity contribution is 7.22. The van der Waals surface area contributed by atoms with E-state index in [2.05, 4.69) is 21.4 Å². The molecule has 2 aromatic heterocycles. The zero-order chi connectivity index (χ0) is 22.5. The Hall–Kier alpha value is -3.38. The minimum atomic E-state index is -0.0918. The molecule has 32 heavy (non-hydrogen) atoms. The highest BCUT2D eigenvalue weighted by Crippen LogP contribution is 2.38. The number of amides is 1. The van der Waals surface area contributed by atoms with E-state index in [1.54, 1.807) is 12.3 Å². The number of aromatic nitrogens is 2. The van der Waals surface area contributed by atoms with E-state index in [4.69, 9.17) is 0 Å². The molecule has 1 unspecified atom stereocenters. The number of fused-ring (bicyclic) bond motifs is 1. The number of carbonyl (C=O) groups excluding carboxylic acids is 2. The summed E-state index contributed by atoms with van der Waals surface area (Å²) in [5.41, 5.74) is 4.52. The minimum absolute atomic E-state index is 0.0203. The number of allylic oxidation sites excluding steroid dienone is 5. The predicted octanol–water partition coefficient (Wildman–Crippen LogP) is 6.20. The monoisotopic (exact) mass is 443 g/mol. The van der Waals surface area contributed by atoms with Gasteiger partial charge in [-0.3, -0.25) is 14.6 Å². The van der Waals surface area contributed by atoms with Crippen LogP contribution in [0.1, 0.15) is 38.7 Å². The van der Waals surface area contributed by atoms with Crippen molar-refractivity contribution in [2.45, 2.75) is 33.1 Å². The van der Waals surface area contributed by atoms with Crippen molar-refractivity contribution in [2.75, 3.05) is 5.32 Å². The first-order valence-electron chi connectivity index (χ1n) is 10.8. The Morgan fingerprint density at radius 1 is 1.28 bits per heavy atom. The van der Waals surface area contributed by atoms with Crippen LogP contribution in [0.2, 0.25) is 0 Å². The van der Waals surface area contributed by atoms with E-state index in [1.807, 2.05) is 62.5 Å². The number of nitrogens with one attached hydrogen (secondary N) is 1. The van der Waals surface area contributed by atoms with Gasteiger partial charge in [-0.2, -0.15) is 0 Å². The number of hydrogen-bond acceptors (Lipinski definition) is 5. The standard InChI is InChI=1S/C26H25N3O2S/c1-3-4-5-11-24(31)29-26-28-22-14-20(18-9-6-8-17(2)23(30)15-18)13-21(25(22)32-26)19-10-7-12-27-16-19/h4-7,9-10,12-17H,3,8,11H2,1-2H3,(H,28,29,31). The van der Waals surface area contributed by atoms with Crippen molar-refractivity contribution in [1.82, 2.24) is 9.97 Å². The molecule has 0 aliphatic heterocycles. The van der Waals surface area contributed by atoms with E-state index in [1.165, 1.54) is 11.3 Å². The second-order valence-electron chi connectivity index (χ2n) is 7.81. The first-order valence-corrected chi connectivity index (χ1v) is 11.6. The van der Waals surface area contributed by atoms with Gasteiger partial charge in [-0.15, -0.1) is 0 Å². The van der Waals surface area contributed by atoms with Crippen LogP contribution in [0.5, 0.6) is 0 Å². The van der Waals surface area contributed by atoms with Gasteiger partial charge in [0, 0.05) is 35.9 Å². The average Bonchev–Trinajstić information content (AvgIpc) is 3.12. The van der Waals surface area contributed by atoms with Crippen molar-refractivity contribution in [3.8, 4) is 11.1 Å². The van der Waals surface area contributed by atoms with Gasteiger partial charge in [-0.1, -0.05) is 55.6 Å². The van der Waals surface area contributed by atoms with E-state index >= 15 is 0 Å². The largest absolute Gasteiger partial charge is 0.302 e. The number of thiazole rings is 1. The molecule has 3 aromatic rings. The third kappa shape index (κ3) is 4.92. The fourth-order valence-corrected chi connectivity index (χ4v) is 4.55. The molecule has 6 heteroatoms. The quantitative estimate of drug-likeness (QED) is 0.460. The van der Waals surface area contributed by atoms with E-state index < -0.39 is 0 Å². The fraction of sp³-hybridized carbons (Fsp3) is 0.231. The summed E-state index contributed by atoms with van der Waals surface area (Å²) in [5, 5.41) is 3.47. The van der Waals surface area contributed by atoms with Crippen LogP contribution in [-0.4, -0.2) is 21.7 Å². The first kappa shape index (κ1) is 21.8. The molecule has 0 saturated carbocycles. The summed E-state index contributed by atoms with van der Waals surface area (Å²) in [6, 6.07) is 7.96. The summed E-state index contributed by atoms with van der Waals surface area (Å²) in [7, 11) is 0. The molecule has 5 nitrogen and oxygen atoms in total. The molecule has 1 aromatic carbocycles. The molecule has 0 saturated heterocycles. The van der Waals surface area contributed by atoms with Crippen molar-refractivity contribution in [1.29, 1.82) is 0 Å². The molecule has 162 valence electrons. The number of benzene rings is 1. The molecule has 1 aliphatic carbocycles. The number of ketones is 1. The molecule has 0 fully saturated rings. The minimum Gasteiger partial charge on any atom is -0.302 e. The normalized spacial score (nSPS) is 16.4. The molecule has 1 aliphatic rings. The molecule has 1 amide bonds. The van der Waals surface area contributed by atoms with Crippen molar-refractivity contribution in [3.05, 3.63) is 72.6 Å². The number of anilines is 1. The zero-order valence-corrected chi connectivity index (χ0v) is 19.0. The molecular weight excluding hydrogens is 418 g/mol. The van der Waals surface area contributed by atoms with E-state index in [9.17, 15) is 9.59 Å². The SMILES string of the molecule is CCC=CCC(=O)Nc1nc2cc(C3=CC(=O)C(C)CC=C3)cc(-c3cccnc3)c2s1. The molecule has 0 bridgehead atoms. The Bertz CT molecular complexity index is 1240. The molecule has 2 heterocycles. The van der Waals surface area contributed by atoms with Gasteiger partial charge in [0.2, 0.25) is 5.91 Å². The van der Waals surface area contributed by atoms with Crippen LogP contribution in [0.25, 0.3) is 26.9 Å². The maximum Gasteiger partial charge on any atom is 0.229 e. The van der Waals surface area contributed by atoms with Crippen LogP contribution in [0, 0.1) is 5.92 Å². The lowest BCUT2D eigenvalue weighted by Crippen LogP contribution is -2.09. The lowest BCUT2D eigenvalue weighted by Gasteiger charge is -2.08. The maximum atomic E-state index is 12.5. The van der Waals surface area contributed by atoms with Crippen LogP contribution >= 0.6 is 11.3 Å². The summed E-state index contributed by atoms with van der Waals surface area (Å²) in [4.78, 5) is 33.7. The average molecular weight is 444 g/mol. The van der Waals surface area contributed by atoms with Crippen LogP contribution in [-0.2, 0) is 9.59 Å². The summed E-state index contributed by atoms with van der Waals surface area (Å²) >= 11 is 1.45. The van der Waals surface area contributed by atoms with Gasteiger partial charge in [-0.25, -0.2) is 4.98 Å². The number of pyridine rings is 1. The summed E-state index contributed by atoms with van der Waals surface area (Å²) in [5.74, 6) is 0.0124. The molecule has 4 rings (SSSR count). The van der Waals surface area contributed by atoms with E-state index in [0.717, 1.165) is 45.3 Å². The number of carbonyl (C=O) groups is 2. The third-order valence-electron chi connectivity index (χ3n) is 5.32. The molecule has 0 radical (unpaired) electrons. The molecule has 1 N–H and O–H groups in total. The van der Waals surface area contributed by atoms with Gasteiger partial charge in [0.15, 0.2) is 10.9 Å². The zero-order valence-electron chi connectivity index (χ0n) is 18.2. The maximum absolute atomic E-state index is 12.5. The van der Waals surface area contributed by atoms with Gasteiger partial charge in [0.25, 0.3) is 0 Å². The van der Waals surface area contributed by atoms with Gasteiger partial charge >= 0.3 is 0 Å². The van der Waals surface area contributed by atoms with Crippen molar-refractivity contribution < 1.29 is 9.59 Å². The topological polar surface area (TPSA) is 72.0 Å².